The van der Waals surface area contributed by atoms with Gasteiger partial charge >= 0.3 is 6.09 Å². The number of hydrogen-bond acceptors (Lipinski definition) is 4. The zero-order valence-corrected chi connectivity index (χ0v) is 7.97. The molecule has 0 bridgehead atoms. The molecule has 2 unspecified atom stereocenters. The van der Waals surface area contributed by atoms with Crippen molar-refractivity contribution in [3.63, 3.8) is 0 Å². The first-order valence-electron chi connectivity index (χ1n) is 4.38. The van der Waals surface area contributed by atoms with E-state index in [-0.39, 0.29) is 12.5 Å². The standard InChI is InChI=1S/C8H14N2O4/c1-5(11)10-3-6(12)2-7(4-10)14-8(9)13/h6-7,12H,2-4H2,1H3,(H2,9,13). The zero-order valence-electron chi connectivity index (χ0n) is 7.97. The lowest BCUT2D eigenvalue weighted by Gasteiger charge is -2.34. The highest BCUT2D eigenvalue weighted by atomic mass is 16.6. The van der Waals surface area contributed by atoms with E-state index in [4.69, 9.17) is 10.5 Å². The summed E-state index contributed by atoms with van der Waals surface area (Å²) in [6.07, 6.45) is -1.71. The summed E-state index contributed by atoms with van der Waals surface area (Å²) in [5.41, 5.74) is 4.84. The number of carbonyl (C=O) groups excluding carboxylic acids is 2. The molecule has 0 aromatic rings. The number of nitrogens with zero attached hydrogens (tertiary/aromatic N) is 1. The highest BCUT2D eigenvalue weighted by Crippen LogP contribution is 2.13. The highest BCUT2D eigenvalue weighted by molar-refractivity contribution is 5.73. The van der Waals surface area contributed by atoms with Gasteiger partial charge in [-0.1, -0.05) is 0 Å². The first-order chi connectivity index (χ1) is 6.49. The van der Waals surface area contributed by atoms with Gasteiger partial charge in [-0.25, -0.2) is 4.79 Å². The molecule has 1 aliphatic heterocycles. The number of carbonyl (C=O) groups is 2. The minimum absolute atomic E-state index is 0.151. The van der Waals surface area contributed by atoms with Gasteiger partial charge in [-0.3, -0.25) is 4.79 Å². The van der Waals surface area contributed by atoms with E-state index in [1.165, 1.54) is 11.8 Å². The van der Waals surface area contributed by atoms with Crippen LogP contribution in [0.5, 0.6) is 0 Å². The minimum atomic E-state index is -0.882. The Kier molecular flexibility index (Phi) is 3.29. The number of β-amino-alcohol motifs (C(OH)–C–C–N with tert-alkyl or cyclic N) is 1. The molecule has 1 saturated heterocycles. The Morgan fingerprint density at radius 1 is 1.50 bits per heavy atom. The van der Waals surface area contributed by atoms with Crippen LogP contribution < -0.4 is 5.73 Å². The van der Waals surface area contributed by atoms with Crippen LogP contribution in [0.4, 0.5) is 4.79 Å². The maximum atomic E-state index is 11.0. The number of aliphatic hydroxyl groups excluding tert-OH is 1. The van der Waals surface area contributed by atoms with E-state index < -0.39 is 18.3 Å². The molecule has 2 atom stereocenters. The summed E-state index contributed by atoms with van der Waals surface area (Å²) in [5.74, 6) is -0.151. The Morgan fingerprint density at radius 3 is 2.64 bits per heavy atom. The molecule has 80 valence electrons. The normalized spacial score (nSPS) is 27.1. The largest absolute Gasteiger partial charge is 0.444 e. The summed E-state index contributed by atoms with van der Waals surface area (Å²) in [7, 11) is 0. The zero-order chi connectivity index (χ0) is 10.7. The van der Waals surface area contributed by atoms with Crippen LogP contribution in [0, 0.1) is 0 Å². The third-order valence-electron chi connectivity index (χ3n) is 2.12. The Hall–Kier alpha value is -1.30. The molecule has 0 aromatic carbocycles. The van der Waals surface area contributed by atoms with Crippen LogP contribution in [-0.4, -0.2) is 47.3 Å². The Balaban J connectivity index is 2.53. The summed E-state index contributed by atoms with van der Waals surface area (Å²) in [4.78, 5) is 22.9. The average Bonchev–Trinajstić information content (AvgIpc) is 2.01. The summed E-state index contributed by atoms with van der Waals surface area (Å²) in [5, 5.41) is 9.39. The second kappa shape index (κ2) is 4.28. The lowest BCUT2D eigenvalue weighted by molar-refractivity contribution is -0.135. The van der Waals surface area contributed by atoms with E-state index in [1.807, 2.05) is 0 Å². The first-order valence-corrected chi connectivity index (χ1v) is 4.38. The fourth-order valence-electron chi connectivity index (χ4n) is 1.53. The van der Waals surface area contributed by atoms with Crippen molar-refractivity contribution in [1.29, 1.82) is 0 Å². The molecule has 0 radical (unpaired) electrons. The van der Waals surface area contributed by atoms with E-state index in [0.717, 1.165) is 0 Å². The third-order valence-corrected chi connectivity index (χ3v) is 2.12. The number of piperidine rings is 1. The van der Waals surface area contributed by atoms with Crippen LogP contribution in [0.25, 0.3) is 0 Å². The quantitative estimate of drug-likeness (QED) is 0.574. The number of rotatable bonds is 1. The van der Waals surface area contributed by atoms with Crippen molar-refractivity contribution in [3.8, 4) is 0 Å². The van der Waals surface area contributed by atoms with Crippen LogP contribution in [-0.2, 0) is 9.53 Å². The molecule has 1 rings (SSSR count). The van der Waals surface area contributed by atoms with E-state index in [9.17, 15) is 14.7 Å². The molecule has 0 aliphatic carbocycles. The van der Waals surface area contributed by atoms with Crippen LogP contribution in [0.2, 0.25) is 0 Å². The topological polar surface area (TPSA) is 92.9 Å². The Labute approximate surface area is 81.6 Å². The molecule has 6 heteroatoms. The highest BCUT2D eigenvalue weighted by Gasteiger charge is 2.29. The fourth-order valence-corrected chi connectivity index (χ4v) is 1.53. The van der Waals surface area contributed by atoms with Crippen molar-refractivity contribution in [1.82, 2.24) is 4.90 Å². The number of ether oxygens (including phenoxy) is 1. The lowest BCUT2D eigenvalue weighted by atomic mass is 10.1. The Bertz CT molecular complexity index is 243. The van der Waals surface area contributed by atoms with Crippen molar-refractivity contribution >= 4 is 12.0 Å². The van der Waals surface area contributed by atoms with Crippen LogP contribution >= 0.6 is 0 Å². The van der Waals surface area contributed by atoms with E-state index in [2.05, 4.69) is 0 Å². The molecular weight excluding hydrogens is 188 g/mol. The maximum Gasteiger partial charge on any atom is 0.404 e. The van der Waals surface area contributed by atoms with Crippen molar-refractivity contribution < 1.29 is 19.4 Å². The average molecular weight is 202 g/mol. The Morgan fingerprint density at radius 2 is 2.14 bits per heavy atom. The van der Waals surface area contributed by atoms with Gasteiger partial charge in [0, 0.05) is 19.9 Å². The smallest absolute Gasteiger partial charge is 0.404 e. The van der Waals surface area contributed by atoms with Crippen LogP contribution in [0.3, 0.4) is 0 Å². The predicted octanol–water partition coefficient (Wildman–Crippen LogP) is -0.937. The molecule has 0 saturated carbocycles. The molecular formula is C8H14N2O4. The van der Waals surface area contributed by atoms with E-state index in [1.54, 1.807) is 0 Å². The van der Waals surface area contributed by atoms with Crippen molar-refractivity contribution in [3.05, 3.63) is 0 Å². The summed E-state index contributed by atoms with van der Waals surface area (Å²) in [6, 6.07) is 0. The van der Waals surface area contributed by atoms with Gasteiger partial charge in [0.25, 0.3) is 0 Å². The second-order valence-electron chi connectivity index (χ2n) is 3.37. The third kappa shape index (κ3) is 2.88. The fraction of sp³-hybridized carbons (Fsp3) is 0.750. The monoisotopic (exact) mass is 202 g/mol. The number of primary amides is 1. The van der Waals surface area contributed by atoms with Crippen molar-refractivity contribution in [2.24, 2.45) is 5.73 Å². The van der Waals surface area contributed by atoms with Gasteiger partial charge in [-0.15, -0.1) is 0 Å². The van der Waals surface area contributed by atoms with Crippen molar-refractivity contribution in [2.45, 2.75) is 25.6 Å². The molecule has 14 heavy (non-hydrogen) atoms. The number of nitrogens with two attached hydrogens (primary N) is 1. The summed E-state index contributed by atoms with van der Waals surface area (Å²) >= 11 is 0. The van der Waals surface area contributed by atoms with Gasteiger partial charge in [0.05, 0.1) is 12.6 Å². The summed E-state index contributed by atoms with van der Waals surface area (Å²) in [6.45, 7) is 1.99. The number of likely N-dealkylation sites (tertiary alicyclic amines) is 1. The van der Waals surface area contributed by atoms with Crippen LogP contribution in [0.1, 0.15) is 13.3 Å². The molecule has 1 heterocycles. The molecule has 1 fully saturated rings. The van der Waals surface area contributed by atoms with E-state index in [0.29, 0.717) is 13.0 Å². The van der Waals surface area contributed by atoms with Gasteiger partial charge in [0.15, 0.2) is 0 Å². The maximum absolute atomic E-state index is 11.0. The molecule has 0 spiro atoms. The first kappa shape index (κ1) is 10.8. The van der Waals surface area contributed by atoms with Gasteiger partial charge in [-0.05, 0) is 0 Å². The number of aliphatic hydroxyl groups is 1. The van der Waals surface area contributed by atoms with E-state index >= 15 is 0 Å². The van der Waals surface area contributed by atoms with Crippen molar-refractivity contribution in [2.75, 3.05) is 13.1 Å². The van der Waals surface area contributed by atoms with Gasteiger partial charge in [0.2, 0.25) is 5.91 Å². The molecule has 6 nitrogen and oxygen atoms in total. The van der Waals surface area contributed by atoms with Crippen LogP contribution in [0.15, 0.2) is 0 Å². The van der Waals surface area contributed by atoms with Gasteiger partial charge in [-0.2, -0.15) is 0 Å². The van der Waals surface area contributed by atoms with Gasteiger partial charge < -0.3 is 20.5 Å². The predicted molar refractivity (Wildman–Crippen MR) is 47.3 cm³/mol. The minimum Gasteiger partial charge on any atom is -0.444 e. The molecule has 0 aromatic heterocycles. The van der Waals surface area contributed by atoms with Gasteiger partial charge in [0.1, 0.15) is 6.10 Å². The number of amides is 2. The lowest BCUT2D eigenvalue weighted by Crippen LogP contribution is -2.49. The molecule has 1 aliphatic rings. The SMILES string of the molecule is CC(=O)N1CC(O)CC(OC(N)=O)C1. The second-order valence-corrected chi connectivity index (χ2v) is 3.37. The summed E-state index contributed by atoms with van der Waals surface area (Å²) < 4.78 is 4.73. The molecule has 3 N–H and O–H groups in total. The molecule has 2 amide bonds. The number of hydrogen-bond donors (Lipinski definition) is 2.